The molecule has 0 atom stereocenters. The molecule has 0 aliphatic heterocycles. The van der Waals surface area contributed by atoms with Gasteiger partial charge in [0.15, 0.2) is 5.78 Å². The largest absolute Gasteiger partial charge is 0.292 e. The summed E-state index contributed by atoms with van der Waals surface area (Å²) in [6.45, 7) is 1.90. The fourth-order valence-corrected chi connectivity index (χ4v) is 1.53. The third kappa shape index (κ3) is 1.11. The van der Waals surface area contributed by atoms with Crippen LogP contribution in [0.15, 0.2) is 6.07 Å². The van der Waals surface area contributed by atoms with Crippen molar-refractivity contribution < 1.29 is 4.79 Å². The van der Waals surface area contributed by atoms with E-state index in [1.807, 2.05) is 13.0 Å². The molecule has 0 saturated carbocycles. The van der Waals surface area contributed by atoms with Gasteiger partial charge in [0.05, 0.1) is 5.69 Å². The molecule has 1 aromatic rings. The van der Waals surface area contributed by atoms with Gasteiger partial charge < -0.3 is 0 Å². The van der Waals surface area contributed by atoms with Gasteiger partial charge in [0, 0.05) is 6.42 Å². The number of nitrogens with zero attached hydrogens (tertiary/aromatic N) is 2. The van der Waals surface area contributed by atoms with Crippen molar-refractivity contribution in [2.45, 2.75) is 26.2 Å². The summed E-state index contributed by atoms with van der Waals surface area (Å²) in [5, 5.41) is 7.77. The Morgan fingerprint density at radius 1 is 1.33 bits per heavy atom. The first-order valence-corrected chi connectivity index (χ1v) is 4.14. The van der Waals surface area contributed by atoms with Gasteiger partial charge in [0.1, 0.15) is 5.69 Å². The standard InChI is InChI=1S/C9H10N2O/c1-6-5-7-3-2-4-8(12)9(7)11-10-6/h5H,2-4H2,1H3. The van der Waals surface area contributed by atoms with Crippen LogP contribution in [0, 0.1) is 6.92 Å². The van der Waals surface area contributed by atoms with Crippen molar-refractivity contribution in [3.63, 3.8) is 0 Å². The predicted molar refractivity (Wildman–Crippen MR) is 44.0 cm³/mol. The topological polar surface area (TPSA) is 42.9 Å². The van der Waals surface area contributed by atoms with Gasteiger partial charge in [-0.05, 0) is 31.4 Å². The Morgan fingerprint density at radius 2 is 2.17 bits per heavy atom. The van der Waals surface area contributed by atoms with Crippen LogP contribution in [0.25, 0.3) is 0 Å². The van der Waals surface area contributed by atoms with Gasteiger partial charge in [0.2, 0.25) is 0 Å². The van der Waals surface area contributed by atoms with Crippen LogP contribution in [0.3, 0.4) is 0 Å². The number of carbonyl (C=O) groups is 1. The molecule has 3 nitrogen and oxygen atoms in total. The molecule has 0 amide bonds. The van der Waals surface area contributed by atoms with Crippen LogP contribution in [0.1, 0.15) is 34.6 Å². The highest BCUT2D eigenvalue weighted by molar-refractivity contribution is 5.96. The molecule has 0 bridgehead atoms. The molecule has 0 saturated heterocycles. The number of carbonyl (C=O) groups excluding carboxylic acids is 1. The first kappa shape index (κ1) is 7.40. The van der Waals surface area contributed by atoms with E-state index in [1.165, 1.54) is 0 Å². The summed E-state index contributed by atoms with van der Waals surface area (Å²) in [5.41, 5.74) is 2.55. The Labute approximate surface area is 70.8 Å². The van der Waals surface area contributed by atoms with Crippen LogP contribution in [-0.2, 0) is 6.42 Å². The van der Waals surface area contributed by atoms with Gasteiger partial charge in [0.25, 0.3) is 0 Å². The maximum Gasteiger partial charge on any atom is 0.183 e. The zero-order chi connectivity index (χ0) is 8.55. The van der Waals surface area contributed by atoms with E-state index >= 15 is 0 Å². The third-order valence-electron chi connectivity index (χ3n) is 2.11. The van der Waals surface area contributed by atoms with Crippen molar-refractivity contribution in [2.24, 2.45) is 0 Å². The van der Waals surface area contributed by atoms with Crippen molar-refractivity contribution in [1.29, 1.82) is 0 Å². The minimum atomic E-state index is 0.142. The summed E-state index contributed by atoms with van der Waals surface area (Å²) in [7, 11) is 0. The van der Waals surface area contributed by atoms with E-state index in [0.29, 0.717) is 12.1 Å². The molecule has 2 rings (SSSR count). The van der Waals surface area contributed by atoms with Crippen LogP contribution in [0.2, 0.25) is 0 Å². The highest BCUT2D eigenvalue weighted by Crippen LogP contribution is 2.18. The van der Waals surface area contributed by atoms with Crippen LogP contribution in [0.5, 0.6) is 0 Å². The van der Waals surface area contributed by atoms with Gasteiger partial charge >= 0.3 is 0 Å². The molecule has 1 aromatic heterocycles. The average molecular weight is 162 g/mol. The lowest BCUT2D eigenvalue weighted by molar-refractivity contribution is 0.0966. The molecule has 0 aromatic carbocycles. The van der Waals surface area contributed by atoms with Crippen LogP contribution < -0.4 is 0 Å². The second-order valence-corrected chi connectivity index (χ2v) is 3.14. The lowest BCUT2D eigenvalue weighted by atomic mass is 9.95. The average Bonchev–Trinajstić information content (AvgIpc) is 2.04. The van der Waals surface area contributed by atoms with Crippen LogP contribution in [0.4, 0.5) is 0 Å². The molecule has 0 radical (unpaired) electrons. The molecule has 0 N–H and O–H groups in total. The maximum absolute atomic E-state index is 11.3. The van der Waals surface area contributed by atoms with Crippen LogP contribution in [-0.4, -0.2) is 16.0 Å². The molecule has 3 heteroatoms. The number of hydrogen-bond donors (Lipinski definition) is 0. The molecular weight excluding hydrogens is 152 g/mol. The summed E-state index contributed by atoms with van der Waals surface area (Å²) < 4.78 is 0. The number of fused-ring (bicyclic) bond motifs is 1. The Hall–Kier alpha value is -1.25. The Kier molecular flexibility index (Phi) is 1.64. The molecule has 0 fully saturated rings. The quantitative estimate of drug-likeness (QED) is 0.577. The molecule has 62 valence electrons. The fraction of sp³-hybridized carbons (Fsp3) is 0.444. The van der Waals surface area contributed by atoms with Gasteiger partial charge in [-0.1, -0.05) is 0 Å². The van der Waals surface area contributed by atoms with E-state index in [1.54, 1.807) is 0 Å². The van der Waals surface area contributed by atoms with Crippen molar-refractivity contribution in [3.8, 4) is 0 Å². The summed E-state index contributed by atoms with van der Waals surface area (Å²) in [6, 6.07) is 1.96. The first-order valence-electron chi connectivity index (χ1n) is 4.14. The molecular formula is C9H10N2O. The number of rotatable bonds is 0. The lowest BCUT2D eigenvalue weighted by Crippen LogP contribution is -2.14. The Morgan fingerprint density at radius 3 is 3.00 bits per heavy atom. The smallest absolute Gasteiger partial charge is 0.183 e. The van der Waals surface area contributed by atoms with Gasteiger partial charge in [-0.2, -0.15) is 5.10 Å². The van der Waals surface area contributed by atoms with E-state index in [4.69, 9.17) is 0 Å². The fourth-order valence-electron chi connectivity index (χ4n) is 1.53. The second-order valence-electron chi connectivity index (χ2n) is 3.14. The van der Waals surface area contributed by atoms with Crippen molar-refractivity contribution in [1.82, 2.24) is 10.2 Å². The van der Waals surface area contributed by atoms with E-state index < -0.39 is 0 Å². The van der Waals surface area contributed by atoms with Gasteiger partial charge in [-0.25, -0.2) is 0 Å². The molecule has 1 aliphatic carbocycles. The zero-order valence-corrected chi connectivity index (χ0v) is 7.00. The molecule has 1 heterocycles. The Bertz CT molecular complexity index is 333. The van der Waals surface area contributed by atoms with E-state index in [-0.39, 0.29) is 5.78 Å². The van der Waals surface area contributed by atoms with Gasteiger partial charge in [-0.15, -0.1) is 5.10 Å². The van der Waals surface area contributed by atoms with E-state index in [0.717, 1.165) is 24.1 Å². The normalized spacial score (nSPS) is 15.9. The summed E-state index contributed by atoms with van der Waals surface area (Å²) in [6.07, 6.45) is 2.55. The number of ketones is 1. The SMILES string of the molecule is Cc1cc2c(nn1)C(=O)CCC2. The van der Waals surface area contributed by atoms with Crippen LogP contribution >= 0.6 is 0 Å². The van der Waals surface area contributed by atoms with Crippen molar-refractivity contribution in [3.05, 3.63) is 23.0 Å². The highest BCUT2D eigenvalue weighted by atomic mass is 16.1. The number of Topliss-reactive ketones (excluding diaryl/α,β-unsaturated/α-hetero) is 1. The monoisotopic (exact) mass is 162 g/mol. The zero-order valence-electron chi connectivity index (χ0n) is 7.00. The minimum Gasteiger partial charge on any atom is -0.292 e. The lowest BCUT2D eigenvalue weighted by Gasteiger charge is -2.12. The van der Waals surface area contributed by atoms with Gasteiger partial charge in [-0.3, -0.25) is 4.79 Å². The molecule has 0 unspecified atom stereocenters. The number of aryl methyl sites for hydroxylation is 2. The summed E-state index contributed by atoms with van der Waals surface area (Å²) >= 11 is 0. The summed E-state index contributed by atoms with van der Waals surface area (Å²) in [4.78, 5) is 11.3. The third-order valence-corrected chi connectivity index (χ3v) is 2.11. The second kappa shape index (κ2) is 2.66. The predicted octanol–water partition coefficient (Wildman–Crippen LogP) is 1.30. The van der Waals surface area contributed by atoms with Crippen molar-refractivity contribution in [2.75, 3.05) is 0 Å². The molecule has 1 aliphatic rings. The molecule has 0 spiro atoms. The number of hydrogen-bond acceptors (Lipinski definition) is 3. The Balaban J connectivity index is 2.53. The molecule has 12 heavy (non-hydrogen) atoms. The highest BCUT2D eigenvalue weighted by Gasteiger charge is 2.18. The van der Waals surface area contributed by atoms with E-state index in [2.05, 4.69) is 10.2 Å². The summed E-state index contributed by atoms with van der Waals surface area (Å²) in [5.74, 6) is 0.142. The maximum atomic E-state index is 11.3. The first-order chi connectivity index (χ1) is 5.77. The van der Waals surface area contributed by atoms with Crippen molar-refractivity contribution >= 4 is 5.78 Å². The number of aromatic nitrogens is 2. The van der Waals surface area contributed by atoms with E-state index in [9.17, 15) is 4.79 Å². The minimum absolute atomic E-state index is 0.142.